The molecule has 0 N–H and O–H groups in total. The van der Waals surface area contributed by atoms with Gasteiger partial charge in [0.1, 0.15) is 5.78 Å². The smallest absolute Gasteiger partial charge is 0.146 e. The molecule has 0 aliphatic carbocycles. The number of carbonyl (C=O) groups excluding carboxylic acids is 1. The number of hydrogen-bond donors (Lipinski definition) is 0. The molecular formula is C17H26OS. The average molecular weight is 278 g/mol. The second-order valence-corrected chi connectivity index (χ2v) is 6.26. The van der Waals surface area contributed by atoms with Crippen LogP contribution >= 0.6 is 11.8 Å². The third kappa shape index (κ3) is 6.81. The quantitative estimate of drug-likeness (QED) is 0.416. The molecule has 1 aromatic rings. The largest absolute Gasteiger partial charge is 0.298 e. The molecular weight excluding hydrogens is 252 g/mol. The predicted octanol–water partition coefficient (Wildman–Crippen LogP) is 5.49. The summed E-state index contributed by atoms with van der Waals surface area (Å²) in [6.07, 6.45) is 7.47. The van der Waals surface area contributed by atoms with Gasteiger partial charge in [-0.3, -0.25) is 4.79 Å². The van der Waals surface area contributed by atoms with E-state index in [0.29, 0.717) is 5.78 Å². The number of carbonyl (C=O) groups is 1. The molecule has 19 heavy (non-hydrogen) atoms. The molecule has 1 unspecified atom stereocenters. The number of ketones is 1. The van der Waals surface area contributed by atoms with E-state index < -0.39 is 0 Å². The molecule has 0 fully saturated rings. The second kappa shape index (κ2) is 10.1. The van der Waals surface area contributed by atoms with Gasteiger partial charge in [0.15, 0.2) is 0 Å². The van der Waals surface area contributed by atoms with Gasteiger partial charge in [-0.1, -0.05) is 57.7 Å². The average Bonchev–Trinajstić information content (AvgIpc) is 2.44. The normalized spacial score (nSPS) is 12.3. The maximum atomic E-state index is 12.3. The van der Waals surface area contributed by atoms with E-state index in [9.17, 15) is 4.79 Å². The van der Waals surface area contributed by atoms with Gasteiger partial charge in [0.05, 0.1) is 5.25 Å². The van der Waals surface area contributed by atoms with E-state index in [1.165, 1.54) is 17.7 Å². The Kier molecular flexibility index (Phi) is 8.64. The molecule has 0 radical (unpaired) electrons. The number of rotatable bonds is 10. The van der Waals surface area contributed by atoms with Crippen molar-refractivity contribution in [2.24, 2.45) is 0 Å². The number of unbranched alkanes of at least 4 members (excludes halogenated alkanes) is 3. The summed E-state index contributed by atoms with van der Waals surface area (Å²) in [6.45, 7) is 4.36. The molecule has 0 amide bonds. The van der Waals surface area contributed by atoms with Gasteiger partial charge in [-0.25, -0.2) is 0 Å². The number of benzene rings is 1. The van der Waals surface area contributed by atoms with Crippen molar-refractivity contribution in [3.63, 3.8) is 0 Å². The Morgan fingerprint density at radius 2 is 1.74 bits per heavy atom. The summed E-state index contributed by atoms with van der Waals surface area (Å²) in [5.41, 5.74) is 0. The van der Waals surface area contributed by atoms with E-state index in [0.717, 1.165) is 32.1 Å². The van der Waals surface area contributed by atoms with Gasteiger partial charge in [-0.2, -0.15) is 0 Å². The van der Waals surface area contributed by atoms with Crippen LogP contribution in [-0.4, -0.2) is 11.0 Å². The van der Waals surface area contributed by atoms with Gasteiger partial charge in [-0.05, 0) is 25.0 Å². The first-order valence-electron chi connectivity index (χ1n) is 7.52. The molecule has 106 valence electrons. The molecule has 0 saturated heterocycles. The molecule has 2 heteroatoms. The maximum Gasteiger partial charge on any atom is 0.146 e. The lowest BCUT2D eigenvalue weighted by Gasteiger charge is -2.15. The lowest BCUT2D eigenvalue weighted by molar-refractivity contribution is -0.118. The summed E-state index contributed by atoms with van der Waals surface area (Å²) in [7, 11) is 0. The molecule has 0 heterocycles. The SMILES string of the molecule is CCCCCC(=O)C(CCCC)Sc1ccccc1. The standard InChI is InChI=1S/C17H26OS/c1-3-5-8-13-16(18)17(14-6-4-2)19-15-11-9-7-10-12-15/h7,9-12,17H,3-6,8,13-14H2,1-2H3. The van der Waals surface area contributed by atoms with Crippen molar-refractivity contribution in [2.75, 3.05) is 0 Å². The topological polar surface area (TPSA) is 17.1 Å². The summed E-state index contributed by atoms with van der Waals surface area (Å²) in [6, 6.07) is 10.3. The molecule has 0 spiro atoms. The van der Waals surface area contributed by atoms with E-state index >= 15 is 0 Å². The Labute approximate surface area is 122 Å². The predicted molar refractivity (Wildman–Crippen MR) is 84.8 cm³/mol. The highest BCUT2D eigenvalue weighted by Gasteiger charge is 2.18. The highest BCUT2D eigenvalue weighted by atomic mass is 32.2. The Morgan fingerprint density at radius 1 is 1.05 bits per heavy atom. The molecule has 0 aliphatic heterocycles. The summed E-state index contributed by atoms with van der Waals surface area (Å²) in [5.74, 6) is 0.441. The summed E-state index contributed by atoms with van der Waals surface area (Å²) >= 11 is 1.75. The lowest BCUT2D eigenvalue weighted by atomic mass is 10.1. The van der Waals surface area contributed by atoms with E-state index in [-0.39, 0.29) is 5.25 Å². The van der Waals surface area contributed by atoms with Crippen LogP contribution < -0.4 is 0 Å². The van der Waals surface area contributed by atoms with Crippen molar-refractivity contribution in [3.8, 4) is 0 Å². The fourth-order valence-corrected chi connectivity index (χ4v) is 3.23. The van der Waals surface area contributed by atoms with E-state index in [2.05, 4.69) is 26.0 Å². The summed E-state index contributed by atoms with van der Waals surface area (Å²) < 4.78 is 0. The molecule has 0 bridgehead atoms. The van der Waals surface area contributed by atoms with Crippen molar-refractivity contribution in [1.29, 1.82) is 0 Å². The number of hydrogen-bond acceptors (Lipinski definition) is 2. The zero-order chi connectivity index (χ0) is 13.9. The highest BCUT2D eigenvalue weighted by molar-refractivity contribution is 8.00. The van der Waals surface area contributed by atoms with Crippen LogP contribution in [-0.2, 0) is 4.79 Å². The summed E-state index contributed by atoms with van der Waals surface area (Å²) in [4.78, 5) is 13.5. The molecule has 1 rings (SSSR count). The van der Waals surface area contributed by atoms with Crippen LogP contribution in [0.4, 0.5) is 0 Å². The molecule has 1 atom stereocenters. The van der Waals surface area contributed by atoms with Crippen LogP contribution in [0.15, 0.2) is 35.2 Å². The summed E-state index contributed by atoms with van der Waals surface area (Å²) in [5, 5.41) is 0.152. The number of thioether (sulfide) groups is 1. The minimum Gasteiger partial charge on any atom is -0.298 e. The van der Waals surface area contributed by atoms with Crippen LogP contribution in [0, 0.1) is 0 Å². The van der Waals surface area contributed by atoms with Gasteiger partial charge in [0.25, 0.3) is 0 Å². The maximum absolute atomic E-state index is 12.3. The zero-order valence-corrected chi connectivity index (χ0v) is 13.0. The number of Topliss-reactive ketones (excluding diaryl/α,β-unsaturated/α-hetero) is 1. The van der Waals surface area contributed by atoms with E-state index in [4.69, 9.17) is 0 Å². The molecule has 0 saturated carbocycles. The van der Waals surface area contributed by atoms with Gasteiger partial charge < -0.3 is 0 Å². The van der Waals surface area contributed by atoms with Gasteiger partial charge in [-0.15, -0.1) is 11.8 Å². The van der Waals surface area contributed by atoms with Crippen LogP contribution in [0.2, 0.25) is 0 Å². The molecule has 1 nitrogen and oxygen atoms in total. The Balaban J connectivity index is 2.53. The van der Waals surface area contributed by atoms with Crippen molar-refractivity contribution in [1.82, 2.24) is 0 Å². The zero-order valence-electron chi connectivity index (χ0n) is 12.2. The molecule has 0 aromatic heterocycles. The fourth-order valence-electron chi connectivity index (χ4n) is 2.05. The first-order valence-corrected chi connectivity index (χ1v) is 8.40. The first-order chi connectivity index (χ1) is 9.27. The van der Waals surface area contributed by atoms with Crippen LogP contribution in [0.1, 0.15) is 58.8 Å². The minimum absolute atomic E-state index is 0.152. The third-order valence-electron chi connectivity index (χ3n) is 3.23. The first kappa shape index (κ1) is 16.3. The monoisotopic (exact) mass is 278 g/mol. The van der Waals surface area contributed by atoms with Crippen LogP contribution in [0.25, 0.3) is 0 Å². The van der Waals surface area contributed by atoms with Crippen molar-refractivity contribution in [2.45, 2.75) is 68.9 Å². The van der Waals surface area contributed by atoms with Gasteiger partial charge in [0.2, 0.25) is 0 Å². The third-order valence-corrected chi connectivity index (χ3v) is 4.55. The fraction of sp³-hybridized carbons (Fsp3) is 0.588. The van der Waals surface area contributed by atoms with Gasteiger partial charge >= 0.3 is 0 Å². The molecule has 0 aliphatic rings. The minimum atomic E-state index is 0.152. The Morgan fingerprint density at radius 3 is 2.37 bits per heavy atom. The van der Waals surface area contributed by atoms with Crippen LogP contribution in [0.5, 0.6) is 0 Å². The van der Waals surface area contributed by atoms with Crippen LogP contribution in [0.3, 0.4) is 0 Å². The van der Waals surface area contributed by atoms with E-state index in [1.807, 2.05) is 18.2 Å². The van der Waals surface area contributed by atoms with Crippen molar-refractivity contribution < 1.29 is 4.79 Å². The van der Waals surface area contributed by atoms with Crippen molar-refractivity contribution in [3.05, 3.63) is 30.3 Å². The molecule has 1 aromatic carbocycles. The highest BCUT2D eigenvalue weighted by Crippen LogP contribution is 2.28. The Bertz CT molecular complexity index is 348. The van der Waals surface area contributed by atoms with Gasteiger partial charge in [0, 0.05) is 11.3 Å². The lowest BCUT2D eigenvalue weighted by Crippen LogP contribution is -2.17. The Hall–Kier alpha value is -0.760. The van der Waals surface area contributed by atoms with Crippen molar-refractivity contribution >= 4 is 17.5 Å². The van der Waals surface area contributed by atoms with E-state index in [1.54, 1.807) is 11.8 Å². The second-order valence-electron chi connectivity index (χ2n) is 4.99.